The maximum Gasteiger partial charge on any atom is 0.153 e. The zero-order valence-electron chi connectivity index (χ0n) is 11.6. The number of carbonyl (C=O) groups excluding carboxylic acids is 1. The van der Waals surface area contributed by atoms with Crippen LogP contribution in [0.25, 0.3) is 0 Å². The number of aldehydes is 1. The Kier molecular flexibility index (Phi) is 5.80. The largest absolute Gasteiger partial charge is 0.507 e. The number of benzene rings is 2. The maximum absolute atomic E-state index is 10.1. The Hall–Kier alpha value is -2.09. The molecule has 0 radical (unpaired) electrons. The first-order valence-electron chi connectivity index (χ1n) is 6.34. The predicted molar refractivity (Wildman–Crippen MR) is 78.8 cm³/mol. The van der Waals surface area contributed by atoms with Crippen LogP contribution in [0.15, 0.2) is 48.5 Å². The topological polar surface area (TPSA) is 37.3 Å². The summed E-state index contributed by atoms with van der Waals surface area (Å²) in [5.41, 5.74) is 3.09. The van der Waals surface area contributed by atoms with Crippen LogP contribution in [0.4, 0.5) is 0 Å². The first kappa shape index (κ1) is 15.0. The van der Waals surface area contributed by atoms with E-state index in [0.29, 0.717) is 17.8 Å². The molecule has 0 saturated heterocycles. The Morgan fingerprint density at radius 3 is 2.00 bits per heavy atom. The van der Waals surface area contributed by atoms with Gasteiger partial charge in [-0.2, -0.15) is 0 Å². The summed E-state index contributed by atoms with van der Waals surface area (Å²) in [4.78, 5) is 10.1. The van der Waals surface area contributed by atoms with Crippen LogP contribution in [0.3, 0.4) is 0 Å². The molecule has 0 aliphatic rings. The van der Waals surface area contributed by atoms with Gasteiger partial charge in [0.2, 0.25) is 0 Å². The molecule has 19 heavy (non-hydrogen) atoms. The van der Waals surface area contributed by atoms with Crippen molar-refractivity contribution in [3.63, 3.8) is 0 Å². The molecular formula is C17H20O2. The van der Waals surface area contributed by atoms with Gasteiger partial charge in [-0.1, -0.05) is 55.8 Å². The van der Waals surface area contributed by atoms with Gasteiger partial charge in [-0.15, -0.1) is 0 Å². The molecule has 1 N–H and O–H groups in total. The molecule has 0 heterocycles. The third-order valence-electron chi connectivity index (χ3n) is 2.81. The van der Waals surface area contributed by atoms with E-state index < -0.39 is 0 Å². The number of phenols is 1. The highest BCUT2D eigenvalue weighted by Crippen LogP contribution is 2.13. The number of aromatic hydroxyl groups is 1. The summed E-state index contributed by atoms with van der Waals surface area (Å²) >= 11 is 0. The van der Waals surface area contributed by atoms with E-state index in [2.05, 4.69) is 45.0 Å². The van der Waals surface area contributed by atoms with Crippen LogP contribution >= 0.6 is 0 Å². The number of hydrogen-bond donors (Lipinski definition) is 1. The molecule has 2 rings (SSSR count). The molecule has 0 aromatic heterocycles. The van der Waals surface area contributed by atoms with Crippen LogP contribution in [0, 0.1) is 6.92 Å². The van der Waals surface area contributed by atoms with Gasteiger partial charge >= 0.3 is 0 Å². The monoisotopic (exact) mass is 256 g/mol. The first-order valence-corrected chi connectivity index (χ1v) is 6.34. The van der Waals surface area contributed by atoms with Crippen LogP contribution < -0.4 is 0 Å². The van der Waals surface area contributed by atoms with Crippen molar-refractivity contribution in [3.8, 4) is 5.75 Å². The molecule has 2 aromatic rings. The van der Waals surface area contributed by atoms with Gasteiger partial charge in [-0.05, 0) is 30.5 Å². The Balaban J connectivity index is 0.000000191. The van der Waals surface area contributed by atoms with Gasteiger partial charge in [0.1, 0.15) is 5.75 Å². The molecule has 0 saturated carbocycles. The standard InChI is InChI=1S/C10H14.C7H6O2/c1-8(2)10-6-4-9(3)5-7-10;8-5-6-3-1-2-4-7(6)9/h4-8H,1-3H3;1-5,9H. The van der Waals surface area contributed by atoms with Crippen molar-refractivity contribution in [2.45, 2.75) is 26.7 Å². The molecule has 0 spiro atoms. The molecule has 2 aromatic carbocycles. The summed E-state index contributed by atoms with van der Waals surface area (Å²) in [6, 6.07) is 15.1. The SMILES string of the molecule is Cc1ccc(C(C)C)cc1.O=Cc1ccccc1O. The average Bonchev–Trinajstić information content (AvgIpc) is 2.40. The van der Waals surface area contributed by atoms with E-state index in [-0.39, 0.29) is 5.75 Å². The second kappa shape index (κ2) is 7.37. The fourth-order valence-corrected chi connectivity index (χ4v) is 1.54. The number of hydrogen-bond acceptors (Lipinski definition) is 2. The van der Waals surface area contributed by atoms with Gasteiger partial charge in [0, 0.05) is 0 Å². The van der Waals surface area contributed by atoms with E-state index in [1.165, 1.54) is 17.2 Å². The minimum absolute atomic E-state index is 0.0347. The van der Waals surface area contributed by atoms with Crippen molar-refractivity contribution in [1.29, 1.82) is 0 Å². The summed E-state index contributed by atoms with van der Waals surface area (Å²) in [5.74, 6) is 0.688. The van der Waals surface area contributed by atoms with Crippen LogP contribution in [-0.4, -0.2) is 11.4 Å². The molecule has 0 aliphatic carbocycles. The Morgan fingerprint density at radius 1 is 1.00 bits per heavy atom. The van der Waals surface area contributed by atoms with Crippen molar-refractivity contribution in [1.82, 2.24) is 0 Å². The molecule has 0 atom stereocenters. The van der Waals surface area contributed by atoms with Crippen LogP contribution in [-0.2, 0) is 0 Å². The fraction of sp³-hybridized carbons (Fsp3) is 0.235. The van der Waals surface area contributed by atoms with E-state index in [0.717, 1.165) is 0 Å². The predicted octanol–water partition coefficient (Wildman–Crippen LogP) is 4.32. The minimum atomic E-state index is 0.0347. The summed E-state index contributed by atoms with van der Waals surface area (Å²) in [5, 5.41) is 8.88. The molecule has 0 fully saturated rings. The quantitative estimate of drug-likeness (QED) is 0.812. The van der Waals surface area contributed by atoms with Gasteiger partial charge in [0.25, 0.3) is 0 Å². The number of para-hydroxylation sites is 1. The average molecular weight is 256 g/mol. The molecular weight excluding hydrogens is 236 g/mol. The Morgan fingerprint density at radius 2 is 1.58 bits per heavy atom. The van der Waals surface area contributed by atoms with Gasteiger partial charge in [0.15, 0.2) is 6.29 Å². The van der Waals surface area contributed by atoms with Crippen LogP contribution in [0.1, 0.15) is 41.3 Å². The Labute approximate surface area is 114 Å². The lowest BCUT2D eigenvalue weighted by Gasteiger charge is -2.03. The third-order valence-corrected chi connectivity index (χ3v) is 2.81. The first-order chi connectivity index (χ1) is 9.04. The van der Waals surface area contributed by atoms with Gasteiger partial charge in [-0.3, -0.25) is 4.79 Å². The van der Waals surface area contributed by atoms with Gasteiger partial charge < -0.3 is 5.11 Å². The van der Waals surface area contributed by atoms with E-state index in [4.69, 9.17) is 5.11 Å². The van der Waals surface area contributed by atoms with E-state index in [1.54, 1.807) is 18.2 Å². The summed E-state index contributed by atoms with van der Waals surface area (Å²) in [6.07, 6.45) is 0.620. The lowest BCUT2D eigenvalue weighted by atomic mass is 10.0. The number of phenolic OH excluding ortho intramolecular Hbond substituents is 1. The normalized spacial score (nSPS) is 9.68. The van der Waals surface area contributed by atoms with Gasteiger partial charge in [-0.25, -0.2) is 0 Å². The second-order valence-corrected chi connectivity index (χ2v) is 4.74. The van der Waals surface area contributed by atoms with E-state index in [9.17, 15) is 4.79 Å². The highest BCUT2D eigenvalue weighted by Gasteiger charge is 1.95. The number of rotatable bonds is 2. The van der Waals surface area contributed by atoms with Crippen LogP contribution in [0.2, 0.25) is 0 Å². The van der Waals surface area contributed by atoms with E-state index >= 15 is 0 Å². The van der Waals surface area contributed by atoms with Crippen molar-refractivity contribution >= 4 is 6.29 Å². The molecule has 0 bridgehead atoms. The summed E-state index contributed by atoms with van der Waals surface area (Å²) in [6.45, 7) is 6.54. The van der Waals surface area contributed by atoms with Crippen LogP contribution in [0.5, 0.6) is 5.75 Å². The highest BCUT2D eigenvalue weighted by atomic mass is 16.3. The van der Waals surface area contributed by atoms with Crippen molar-refractivity contribution in [2.75, 3.05) is 0 Å². The molecule has 2 nitrogen and oxygen atoms in total. The smallest absolute Gasteiger partial charge is 0.153 e. The molecule has 0 amide bonds. The zero-order chi connectivity index (χ0) is 14.3. The lowest BCUT2D eigenvalue weighted by molar-refractivity contribution is 0.112. The Bertz CT molecular complexity index is 513. The van der Waals surface area contributed by atoms with Crippen molar-refractivity contribution < 1.29 is 9.90 Å². The number of carbonyl (C=O) groups is 1. The number of aryl methyl sites for hydroxylation is 1. The summed E-state index contributed by atoms with van der Waals surface area (Å²) in [7, 11) is 0. The molecule has 2 heteroatoms. The van der Waals surface area contributed by atoms with Gasteiger partial charge in [0.05, 0.1) is 5.56 Å². The minimum Gasteiger partial charge on any atom is -0.507 e. The van der Waals surface area contributed by atoms with E-state index in [1.807, 2.05) is 0 Å². The highest BCUT2D eigenvalue weighted by molar-refractivity contribution is 5.78. The second-order valence-electron chi connectivity index (χ2n) is 4.74. The molecule has 0 aliphatic heterocycles. The maximum atomic E-state index is 10.1. The fourth-order valence-electron chi connectivity index (χ4n) is 1.54. The van der Waals surface area contributed by atoms with Crippen molar-refractivity contribution in [2.24, 2.45) is 0 Å². The summed E-state index contributed by atoms with van der Waals surface area (Å²) < 4.78 is 0. The third kappa shape index (κ3) is 4.96. The van der Waals surface area contributed by atoms with Crippen molar-refractivity contribution in [3.05, 3.63) is 65.2 Å². The molecule has 100 valence electrons. The lowest BCUT2D eigenvalue weighted by Crippen LogP contribution is -1.85. The molecule has 0 unspecified atom stereocenters. The zero-order valence-corrected chi connectivity index (χ0v) is 11.6.